The van der Waals surface area contributed by atoms with Gasteiger partial charge in [0.05, 0.1) is 17.9 Å². The largest absolute Gasteiger partial charge is 0.492 e. The number of benzene rings is 2. The molecular weight excluding hydrogens is 348 g/mol. The first kappa shape index (κ1) is 19.8. The SMILES string of the molecule is CC(C)NC(=O)CSc1ccccc1C(=O)NCCOc1ccccc1. The quantitative estimate of drug-likeness (QED) is 0.524. The van der Waals surface area contributed by atoms with Crippen LogP contribution in [0.3, 0.4) is 0 Å². The molecule has 0 radical (unpaired) electrons. The minimum atomic E-state index is -0.172. The molecular formula is C20H24N2O3S. The Morgan fingerprint density at radius 2 is 1.73 bits per heavy atom. The first-order valence-electron chi connectivity index (χ1n) is 8.53. The molecule has 0 aliphatic rings. The molecule has 0 heterocycles. The molecule has 2 aromatic carbocycles. The molecule has 5 nitrogen and oxygen atoms in total. The van der Waals surface area contributed by atoms with E-state index in [0.717, 1.165) is 10.6 Å². The lowest BCUT2D eigenvalue weighted by Gasteiger charge is -2.11. The summed E-state index contributed by atoms with van der Waals surface area (Å²) in [5, 5.41) is 5.69. The molecule has 0 fully saturated rings. The lowest BCUT2D eigenvalue weighted by molar-refractivity contribution is -0.119. The molecule has 2 rings (SSSR count). The van der Waals surface area contributed by atoms with E-state index in [1.807, 2.05) is 62.4 Å². The van der Waals surface area contributed by atoms with E-state index in [4.69, 9.17) is 4.74 Å². The standard InChI is InChI=1S/C20H24N2O3S/c1-15(2)22-19(23)14-26-18-11-7-6-10-17(18)20(24)21-12-13-25-16-8-4-3-5-9-16/h3-11,15H,12-14H2,1-2H3,(H,21,24)(H,22,23). The topological polar surface area (TPSA) is 67.4 Å². The highest BCUT2D eigenvalue weighted by atomic mass is 32.2. The Kier molecular flexibility index (Phi) is 8.02. The number of carbonyl (C=O) groups excluding carboxylic acids is 2. The molecule has 0 aliphatic heterocycles. The molecule has 2 N–H and O–H groups in total. The minimum absolute atomic E-state index is 0.0449. The van der Waals surface area contributed by atoms with E-state index in [1.165, 1.54) is 11.8 Å². The zero-order valence-corrected chi connectivity index (χ0v) is 15.8. The molecule has 2 amide bonds. The maximum Gasteiger partial charge on any atom is 0.252 e. The van der Waals surface area contributed by atoms with Crippen LogP contribution in [0.25, 0.3) is 0 Å². The monoisotopic (exact) mass is 372 g/mol. The second kappa shape index (κ2) is 10.5. The molecule has 0 saturated heterocycles. The van der Waals surface area contributed by atoms with Gasteiger partial charge in [0.1, 0.15) is 12.4 Å². The molecule has 0 saturated carbocycles. The van der Waals surface area contributed by atoms with Crippen LogP contribution >= 0.6 is 11.8 Å². The highest BCUT2D eigenvalue weighted by molar-refractivity contribution is 8.00. The normalized spacial score (nSPS) is 10.4. The van der Waals surface area contributed by atoms with Gasteiger partial charge in [0.25, 0.3) is 5.91 Å². The summed E-state index contributed by atoms with van der Waals surface area (Å²) in [5.74, 6) is 0.832. The van der Waals surface area contributed by atoms with E-state index in [9.17, 15) is 9.59 Å². The summed E-state index contributed by atoms with van der Waals surface area (Å²) in [6.45, 7) is 4.63. The van der Waals surface area contributed by atoms with E-state index in [1.54, 1.807) is 6.07 Å². The van der Waals surface area contributed by atoms with Gasteiger partial charge in [-0.25, -0.2) is 0 Å². The number of hydrogen-bond acceptors (Lipinski definition) is 4. The van der Waals surface area contributed by atoms with Crippen molar-refractivity contribution in [2.45, 2.75) is 24.8 Å². The van der Waals surface area contributed by atoms with Crippen molar-refractivity contribution < 1.29 is 14.3 Å². The number of hydrogen-bond donors (Lipinski definition) is 2. The van der Waals surface area contributed by atoms with Crippen LogP contribution in [0, 0.1) is 0 Å². The fourth-order valence-corrected chi connectivity index (χ4v) is 3.09. The van der Waals surface area contributed by atoms with Crippen LogP contribution in [-0.2, 0) is 4.79 Å². The summed E-state index contributed by atoms with van der Waals surface area (Å²) in [7, 11) is 0. The maximum absolute atomic E-state index is 12.4. The second-order valence-corrected chi connectivity index (χ2v) is 6.94. The van der Waals surface area contributed by atoms with E-state index in [2.05, 4.69) is 10.6 Å². The molecule has 0 bridgehead atoms. The van der Waals surface area contributed by atoms with Crippen LogP contribution < -0.4 is 15.4 Å². The number of amides is 2. The zero-order chi connectivity index (χ0) is 18.8. The third kappa shape index (κ3) is 6.80. The first-order chi connectivity index (χ1) is 12.6. The molecule has 6 heteroatoms. The lowest BCUT2D eigenvalue weighted by atomic mass is 10.2. The molecule has 2 aromatic rings. The van der Waals surface area contributed by atoms with Crippen molar-refractivity contribution in [3.63, 3.8) is 0 Å². The van der Waals surface area contributed by atoms with Gasteiger partial charge in [0.15, 0.2) is 0 Å². The highest BCUT2D eigenvalue weighted by Crippen LogP contribution is 2.22. The predicted molar refractivity (Wildman–Crippen MR) is 105 cm³/mol. The zero-order valence-electron chi connectivity index (χ0n) is 15.0. The smallest absolute Gasteiger partial charge is 0.252 e. The summed E-state index contributed by atoms with van der Waals surface area (Å²) in [5.41, 5.74) is 0.564. The first-order valence-corrected chi connectivity index (χ1v) is 9.52. The van der Waals surface area contributed by atoms with Gasteiger partial charge in [-0.15, -0.1) is 11.8 Å². The molecule has 0 atom stereocenters. The Labute approximate surface area is 158 Å². The van der Waals surface area contributed by atoms with Crippen LogP contribution in [-0.4, -0.2) is 36.8 Å². The third-order valence-corrected chi connectivity index (χ3v) is 4.41. The number of ether oxygens (including phenoxy) is 1. The number of carbonyl (C=O) groups is 2. The summed E-state index contributed by atoms with van der Waals surface area (Å²) in [4.78, 5) is 25.0. The van der Waals surface area contributed by atoms with Crippen LogP contribution in [0.5, 0.6) is 5.75 Å². The van der Waals surface area contributed by atoms with Crippen LogP contribution in [0.1, 0.15) is 24.2 Å². The fraction of sp³-hybridized carbons (Fsp3) is 0.300. The molecule has 0 aliphatic carbocycles. The van der Waals surface area contributed by atoms with Gasteiger partial charge in [0, 0.05) is 10.9 Å². The van der Waals surface area contributed by atoms with Crippen molar-refractivity contribution >= 4 is 23.6 Å². The summed E-state index contributed by atoms with van der Waals surface area (Å²) in [6, 6.07) is 16.8. The third-order valence-electron chi connectivity index (χ3n) is 3.34. The van der Waals surface area contributed by atoms with Crippen molar-refractivity contribution in [3.8, 4) is 5.75 Å². The average Bonchev–Trinajstić information content (AvgIpc) is 2.64. The van der Waals surface area contributed by atoms with Gasteiger partial charge in [-0.3, -0.25) is 9.59 Å². The van der Waals surface area contributed by atoms with E-state index in [-0.39, 0.29) is 23.6 Å². The van der Waals surface area contributed by atoms with Gasteiger partial charge in [-0.05, 0) is 38.1 Å². The highest BCUT2D eigenvalue weighted by Gasteiger charge is 2.12. The molecule has 26 heavy (non-hydrogen) atoms. The summed E-state index contributed by atoms with van der Waals surface area (Å²) >= 11 is 1.36. The van der Waals surface area contributed by atoms with Crippen molar-refractivity contribution in [2.75, 3.05) is 18.9 Å². The Hall–Kier alpha value is -2.47. The van der Waals surface area contributed by atoms with Gasteiger partial charge in [-0.1, -0.05) is 30.3 Å². The van der Waals surface area contributed by atoms with Gasteiger partial charge in [0.2, 0.25) is 5.91 Å². The van der Waals surface area contributed by atoms with Crippen molar-refractivity contribution in [1.29, 1.82) is 0 Å². The predicted octanol–water partition coefficient (Wildman–Crippen LogP) is 3.11. The molecule has 0 spiro atoms. The maximum atomic E-state index is 12.4. The van der Waals surface area contributed by atoms with Crippen molar-refractivity contribution in [2.24, 2.45) is 0 Å². The number of thioether (sulfide) groups is 1. The average molecular weight is 372 g/mol. The van der Waals surface area contributed by atoms with Gasteiger partial charge in [-0.2, -0.15) is 0 Å². The Balaban J connectivity index is 1.83. The van der Waals surface area contributed by atoms with Gasteiger partial charge >= 0.3 is 0 Å². The number of rotatable bonds is 9. The Morgan fingerprint density at radius 3 is 2.46 bits per heavy atom. The molecule has 0 aromatic heterocycles. The fourth-order valence-electron chi connectivity index (χ4n) is 2.23. The van der Waals surface area contributed by atoms with E-state index < -0.39 is 0 Å². The minimum Gasteiger partial charge on any atom is -0.492 e. The Bertz CT molecular complexity index is 720. The molecule has 138 valence electrons. The van der Waals surface area contributed by atoms with Crippen molar-refractivity contribution in [1.82, 2.24) is 10.6 Å². The lowest BCUT2D eigenvalue weighted by Crippen LogP contribution is -2.31. The van der Waals surface area contributed by atoms with Crippen LogP contribution in [0.2, 0.25) is 0 Å². The summed E-state index contributed by atoms with van der Waals surface area (Å²) in [6.07, 6.45) is 0. The van der Waals surface area contributed by atoms with E-state index >= 15 is 0 Å². The van der Waals surface area contributed by atoms with Gasteiger partial charge < -0.3 is 15.4 Å². The summed E-state index contributed by atoms with van der Waals surface area (Å²) < 4.78 is 5.57. The van der Waals surface area contributed by atoms with Crippen LogP contribution in [0.15, 0.2) is 59.5 Å². The molecule has 0 unspecified atom stereocenters. The van der Waals surface area contributed by atoms with E-state index in [0.29, 0.717) is 18.7 Å². The Morgan fingerprint density at radius 1 is 1.04 bits per heavy atom. The van der Waals surface area contributed by atoms with Crippen LogP contribution in [0.4, 0.5) is 0 Å². The number of nitrogens with one attached hydrogen (secondary N) is 2. The number of para-hydroxylation sites is 1. The second-order valence-electron chi connectivity index (χ2n) is 5.92. The van der Waals surface area contributed by atoms with Crippen molar-refractivity contribution in [3.05, 3.63) is 60.2 Å².